The van der Waals surface area contributed by atoms with Gasteiger partial charge in [0.2, 0.25) is 6.19 Å². The van der Waals surface area contributed by atoms with Crippen molar-refractivity contribution < 1.29 is 4.92 Å². The number of nitrogens with zero attached hydrogens (tertiary/aromatic N) is 7. The number of rotatable bonds is 2. The molecule has 0 bridgehead atoms. The van der Waals surface area contributed by atoms with Gasteiger partial charge in [-0.25, -0.2) is 9.50 Å². The topological polar surface area (TPSA) is 132 Å². The van der Waals surface area contributed by atoms with E-state index in [1.807, 2.05) is 0 Å². The monoisotopic (exact) mass is 303 g/mol. The third kappa shape index (κ3) is 1.85. The second-order valence-corrected chi connectivity index (χ2v) is 5.14. The van der Waals surface area contributed by atoms with Gasteiger partial charge < -0.3 is 0 Å². The third-order valence-electron chi connectivity index (χ3n) is 2.68. The summed E-state index contributed by atoms with van der Waals surface area (Å²) < 4.78 is 1.72. The minimum Gasteiger partial charge on any atom is -0.266 e. The summed E-state index contributed by atoms with van der Waals surface area (Å²) in [4.78, 5) is 26.3. The van der Waals surface area contributed by atoms with E-state index < -0.39 is 10.5 Å². The molecule has 0 spiro atoms. The summed E-state index contributed by atoms with van der Waals surface area (Å²) in [5.74, 6) is 0. The zero-order valence-corrected chi connectivity index (χ0v) is 11.2. The number of aromatic nitrogens is 5. The molecule has 0 N–H and O–H groups in total. The quantitative estimate of drug-likeness (QED) is 0.499. The lowest BCUT2D eigenvalue weighted by Gasteiger charge is -1.96. The van der Waals surface area contributed by atoms with E-state index >= 15 is 0 Å². The Morgan fingerprint density at radius 1 is 1.48 bits per heavy atom. The van der Waals surface area contributed by atoms with Gasteiger partial charge in [-0.3, -0.25) is 14.9 Å². The van der Waals surface area contributed by atoms with Gasteiger partial charge in [0.25, 0.3) is 5.56 Å². The van der Waals surface area contributed by atoms with Crippen molar-refractivity contribution in [2.75, 3.05) is 0 Å². The second kappa shape index (κ2) is 4.46. The van der Waals surface area contributed by atoms with Crippen LogP contribution in [-0.4, -0.2) is 29.3 Å². The summed E-state index contributed by atoms with van der Waals surface area (Å²) >= 11 is 1.17. The van der Waals surface area contributed by atoms with Crippen LogP contribution in [0.5, 0.6) is 0 Å². The Balaban J connectivity index is 2.42. The first-order valence-corrected chi connectivity index (χ1v) is 6.33. The first-order chi connectivity index (χ1) is 10.0. The largest absolute Gasteiger partial charge is 0.305 e. The van der Waals surface area contributed by atoms with Crippen LogP contribution in [0.15, 0.2) is 17.2 Å². The molecule has 0 fully saturated rings. The zero-order chi connectivity index (χ0) is 15.1. The first-order valence-electron chi connectivity index (χ1n) is 5.51. The fraction of sp³-hybridized carbons (Fsp3) is 0.100. The summed E-state index contributed by atoms with van der Waals surface area (Å²) in [6.07, 6.45) is 3.74. The second-order valence-electron chi connectivity index (χ2n) is 3.96. The van der Waals surface area contributed by atoms with Crippen LogP contribution in [0.2, 0.25) is 0 Å². The molecule has 11 heteroatoms. The molecule has 0 aliphatic carbocycles. The molecule has 0 aromatic carbocycles. The molecule has 0 saturated heterocycles. The molecule has 3 aromatic heterocycles. The van der Waals surface area contributed by atoms with Crippen molar-refractivity contribution in [2.45, 2.75) is 6.92 Å². The van der Waals surface area contributed by atoms with Gasteiger partial charge in [-0.05, 0) is 6.92 Å². The highest BCUT2D eigenvalue weighted by atomic mass is 32.1. The molecule has 0 aliphatic rings. The molecule has 0 radical (unpaired) electrons. The summed E-state index contributed by atoms with van der Waals surface area (Å²) in [5.41, 5.74) is -0.775. The smallest absolute Gasteiger partial charge is 0.266 e. The summed E-state index contributed by atoms with van der Waals surface area (Å²) in [6, 6.07) is 0. The summed E-state index contributed by atoms with van der Waals surface area (Å²) in [5, 5.41) is 28.5. The number of aryl methyl sites for hydroxylation is 1. The van der Waals surface area contributed by atoms with Crippen LogP contribution in [-0.2, 0) is 0 Å². The predicted octanol–water partition coefficient (Wildman–Crippen LogP) is 0.560. The Morgan fingerprint density at radius 3 is 2.81 bits per heavy atom. The van der Waals surface area contributed by atoms with Gasteiger partial charge in [0.05, 0.1) is 4.92 Å². The van der Waals surface area contributed by atoms with E-state index in [0.717, 1.165) is 16.9 Å². The molecule has 3 heterocycles. The molecule has 0 saturated carbocycles. The lowest BCUT2D eigenvalue weighted by Crippen LogP contribution is -2.16. The van der Waals surface area contributed by atoms with Crippen LogP contribution in [0.3, 0.4) is 0 Å². The molecule has 104 valence electrons. The number of nitro groups is 1. The molecule has 0 amide bonds. The molecule has 0 aliphatic heterocycles. The van der Waals surface area contributed by atoms with Crippen LogP contribution in [0.1, 0.15) is 5.01 Å². The maximum atomic E-state index is 12.3. The Hall–Kier alpha value is -3.13. The Labute approximate surface area is 119 Å². The molecule has 0 unspecified atom stereocenters. The van der Waals surface area contributed by atoms with E-state index in [0.29, 0.717) is 14.7 Å². The van der Waals surface area contributed by atoms with Crippen molar-refractivity contribution in [2.24, 2.45) is 0 Å². The van der Waals surface area contributed by atoms with Crippen LogP contribution < -0.4 is 5.56 Å². The Bertz CT molecular complexity index is 977. The Morgan fingerprint density at radius 2 is 2.24 bits per heavy atom. The molecular formula is C10H5N7O3S. The molecule has 0 atom stereocenters. The normalized spacial score (nSPS) is 10.7. The molecule has 3 aromatic rings. The van der Waals surface area contributed by atoms with Crippen molar-refractivity contribution in [3.63, 3.8) is 0 Å². The highest BCUT2D eigenvalue weighted by molar-refractivity contribution is 7.14. The van der Waals surface area contributed by atoms with E-state index in [1.165, 1.54) is 11.3 Å². The van der Waals surface area contributed by atoms with E-state index in [1.54, 1.807) is 13.1 Å². The summed E-state index contributed by atoms with van der Waals surface area (Å²) in [7, 11) is 0. The number of fused-ring (bicyclic) bond motifs is 1. The zero-order valence-electron chi connectivity index (χ0n) is 10.4. The number of hydrogen-bond donors (Lipinski definition) is 0. The van der Waals surface area contributed by atoms with Crippen molar-refractivity contribution >= 4 is 22.7 Å². The minimum absolute atomic E-state index is 0.0945. The van der Waals surface area contributed by atoms with Crippen molar-refractivity contribution in [3.8, 4) is 16.8 Å². The average Bonchev–Trinajstić information content (AvgIpc) is 2.98. The maximum absolute atomic E-state index is 12.3. The van der Waals surface area contributed by atoms with E-state index in [4.69, 9.17) is 5.26 Å². The molecule has 10 nitrogen and oxygen atoms in total. The lowest BCUT2D eigenvalue weighted by atomic mass is 10.3. The van der Waals surface area contributed by atoms with Gasteiger partial charge in [-0.2, -0.15) is 5.26 Å². The van der Waals surface area contributed by atoms with Crippen molar-refractivity contribution in [3.05, 3.63) is 37.9 Å². The van der Waals surface area contributed by atoms with Gasteiger partial charge in [-0.1, -0.05) is 11.3 Å². The standard InChI is InChI=1S/C10H5N7O3S/c1-5-13-14-9(21-5)7-8-12-2-6(17(19)20)3-15(8)16(4-11)10(7)18/h2-3H,1H3. The number of nitriles is 1. The molecular weight excluding hydrogens is 298 g/mol. The van der Waals surface area contributed by atoms with Gasteiger partial charge >= 0.3 is 5.69 Å². The van der Waals surface area contributed by atoms with Crippen molar-refractivity contribution in [1.82, 2.24) is 24.4 Å². The van der Waals surface area contributed by atoms with Crippen LogP contribution in [0.4, 0.5) is 5.69 Å². The van der Waals surface area contributed by atoms with Crippen LogP contribution in [0.25, 0.3) is 16.2 Å². The Kier molecular flexibility index (Phi) is 2.73. The highest BCUT2D eigenvalue weighted by Crippen LogP contribution is 2.24. The number of hydrogen-bond acceptors (Lipinski definition) is 8. The van der Waals surface area contributed by atoms with Gasteiger partial charge in [-0.15, -0.1) is 14.9 Å². The average molecular weight is 303 g/mol. The van der Waals surface area contributed by atoms with Crippen molar-refractivity contribution in [1.29, 1.82) is 5.26 Å². The SMILES string of the molecule is Cc1nnc(-c2c(=O)n(C#N)n3cc([N+](=O)[O-])cnc23)s1. The van der Waals surface area contributed by atoms with Crippen LogP contribution in [0, 0.1) is 28.5 Å². The molecule has 21 heavy (non-hydrogen) atoms. The fourth-order valence-electron chi connectivity index (χ4n) is 1.81. The van der Waals surface area contributed by atoms with E-state index in [-0.39, 0.29) is 16.9 Å². The lowest BCUT2D eigenvalue weighted by molar-refractivity contribution is -0.385. The maximum Gasteiger partial charge on any atom is 0.305 e. The first kappa shape index (κ1) is 12.9. The molecule has 3 rings (SSSR count). The van der Waals surface area contributed by atoms with Gasteiger partial charge in [0.1, 0.15) is 23.0 Å². The van der Waals surface area contributed by atoms with E-state index in [9.17, 15) is 14.9 Å². The van der Waals surface area contributed by atoms with E-state index in [2.05, 4.69) is 15.2 Å². The minimum atomic E-state index is -0.659. The van der Waals surface area contributed by atoms with Crippen LogP contribution >= 0.6 is 11.3 Å². The van der Waals surface area contributed by atoms with Gasteiger partial charge in [0, 0.05) is 0 Å². The van der Waals surface area contributed by atoms with Gasteiger partial charge in [0.15, 0.2) is 10.7 Å². The fourth-order valence-corrected chi connectivity index (χ4v) is 2.53. The third-order valence-corrected chi connectivity index (χ3v) is 3.54. The summed E-state index contributed by atoms with van der Waals surface area (Å²) in [6.45, 7) is 1.72. The highest BCUT2D eigenvalue weighted by Gasteiger charge is 2.22. The predicted molar refractivity (Wildman–Crippen MR) is 70.8 cm³/mol.